The number of nitrogens with one attached hydrogen (secondary N) is 3. The van der Waals surface area contributed by atoms with Crippen LogP contribution in [0.2, 0.25) is 0 Å². The van der Waals surface area contributed by atoms with Gasteiger partial charge < -0.3 is 25.0 Å². The molecule has 0 radical (unpaired) electrons. The molecular weight excluding hydrogens is 374 g/mol. The monoisotopic (exact) mass is 399 g/mol. The third-order valence-corrected chi connectivity index (χ3v) is 4.43. The first kappa shape index (κ1) is 20.5. The summed E-state index contributed by atoms with van der Waals surface area (Å²) in [5.74, 6) is 0.991. The third-order valence-electron chi connectivity index (χ3n) is 4.43. The number of carbonyl (C=O) groups excluding carboxylic acids is 2. The van der Waals surface area contributed by atoms with Gasteiger partial charge in [0.15, 0.2) is 11.5 Å². The molecule has 8 heteroatoms. The van der Waals surface area contributed by atoms with Gasteiger partial charge in [-0.05, 0) is 49.7 Å². The van der Waals surface area contributed by atoms with Crippen molar-refractivity contribution >= 4 is 17.5 Å². The number of hydrogen-bond acceptors (Lipinski definition) is 6. The predicted octanol–water partition coefficient (Wildman–Crippen LogP) is 3.36. The largest absolute Gasteiger partial charge is 0.493 e. The van der Waals surface area contributed by atoms with E-state index >= 15 is 0 Å². The zero-order valence-corrected chi connectivity index (χ0v) is 16.9. The average molecular weight is 399 g/mol. The van der Waals surface area contributed by atoms with Gasteiger partial charge in [0, 0.05) is 17.2 Å². The second-order valence-electron chi connectivity index (χ2n) is 6.98. The molecule has 0 bridgehead atoms. The van der Waals surface area contributed by atoms with Gasteiger partial charge in [-0.3, -0.25) is 9.59 Å². The molecule has 1 atom stereocenters. The lowest BCUT2D eigenvalue weighted by Gasteiger charge is -2.17. The molecule has 3 rings (SSSR count). The Morgan fingerprint density at radius 1 is 1.07 bits per heavy atom. The normalized spacial score (nSPS) is 13.1. The highest BCUT2D eigenvalue weighted by Crippen LogP contribution is 2.33. The van der Waals surface area contributed by atoms with Crippen molar-refractivity contribution in [2.45, 2.75) is 33.7 Å². The van der Waals surface area contributed by atoms with Gasteiger partial charge in [-0.25, -0.2) is 0 Å². The summed E-state index contributed by atoms with van der Waals surface area (Å²) < 4.78 is 5.60. The molecule has 0 saturated heterocycles. The molecule has 0 spiro atoms. The molecule has 1 aliphatic heterocycles. The van der Waals surface area contributed by atoms with Crippen LogP contribution in [-0.4, -0.2) is 18.4 Å². The van der Waals surface area contributed by atoms with Crippen LogP contribution in [0.3, 0.4) is 0 Å². The van der Waals surface area contributed by atoms with Crippen molar-refractivity contribution in [2.75, 3.05) is 11.9 Å². The molecular formula is C21H25N3O5. The first-order valence-corrected chi connectivity index (χ1v) is 9.50. The Kier molecular flexibility index (Phi) is 6.23. The molecule has 1 aliphatic rings. The molecule has 0 aromatic heterocycles. The van der Waals surface area contributed by atoms with E-state index in [4.69, 9.17) is 14.4 Å². The summed E-state index contributed by atoms with van der Waals surface area (Å²) in [5, 5.41) is 5.76. The predicted molar refractivity (Wildman–Crippen MR) is 108 cm³/mol. The van der Waals surface area contributed by atoms with E-state index < -0.39 is 0 Å². The van der Waals surface area contributed by atoms with Gasteiger partial charge in [0.1, 0.15) is 5.75 Å². The maximum Gasteiger partial charge on any atom is 0.255 e. The van der Waals surface area contributed by atoms with E-state index in [9.17, 15) is 9.59 Å². The van der Waals surface area contributed by atoms with Crippen molar-refractivity contribution in [3.63, 3.8) is 0 Å². The summed E-state index contributed by atoms with van der Waals surface area (Å²) in [6, 6.07) is 10.1. The summed E-state index contributed by atoms with van der Waals surface area (Å²) in [6.07, 6.45) is 0. The fourth-order valence-electron chi connectivity index (χ4n) is 2.78. The van der Waals surface area contributed by atoms with Gasteiger partial charge in [-0.2, -0.15) is 0 Å². The first-order valence-electron chi connectivity index (χ1n) is 9.50. The fraction of sp³-hybridized carbons (Fsp3) is 0.333. The second kappa shape index (κ2) is 8.83. The minimum atomic E-state index is -0.308. The van der Waals surface area contributed by atoms with Gasteiger partial charge >= 0.3 is 0 Å². The number of benzene rings is 2. The van der Waals surface area contributed by atoms with E-state index in [0.717, 1.165) is 5.56 Å². The van der Waals surface area contributed by atoms with Crippen LogP contribution in [0.1, 0.15) is 49.7 Å². The van der Waals surface area contributed by atoms with Crippen LogP contribution in [0.15, 0.2) is 36.4 Å². The summed E-state index contributed by atoms with van der Waals surface area (Å²) in [5.41, 5.74) is 4.08. The Bertz CT molecular complexity index is 913. The summed E-state index contributed by atoms with van der Waals surface area (Å²) >= 11 is 0. The van der Waals surface area contributed by atoms with Crippen molar-refractivity contribution in [3.05, 3.63) is 47.5 Å². The van der Waals surface area contributed by atoms with Crippen molar-refractivity contribution in [1.82, 2.24) is 11.0 Å². The molecule has 2 aromatic carbocycles. The van der Waals surface area contributed by atoms with Crippen molar-refractivity contribution in [2.24, 2.45) is 5.92 Å². The number of anilines is 1. The van der Waals surface area contributed by atoms with Crippen LogP contribution in [0.25, 0.3) is 0 Å². The lowest BCUT2D eigenvalue weighted by molar-refractivity contribution is -0.118. The topological polar surface area (TPSA) is 97.9 Å². The highest BCUT2D eigenvalue weighted by molar-refractivity contribution is 6.00. The number of amides is 2. The second-order valence-corrected chi connectivity index (χ2v) is 6.98. The van der Waals surface area contributed by atoms with Crippen LogP contribution in [0, 0.1) is 5.92 Å². The molecule has 8 nitrogen and oxygen atoms in total. The number of carbonyl (C=O) groups is 2. The van der Waals surface area contributed by atoms with E-state index in [-0.39, 0.29) is 23.8 Å². The quantitative estimate of drug-likeness (QED) is 0.660. The molecule has 2 amide bonds. The maximum atomic E-state index is 13.0. The highest BCUT2D eigenvalue weighted by atomic mass is 16.9. The van der Waals surface area contributed by atoms with Gasteiger partial charge in [-0.15, -0.1) is 0 Å². The standard InChI is InChI=1S/C21H25N3O5/c1-5-27-17-9-7-15(23-20(25)12(2)3)11-16(17)21(26)22-13(4)14-6-8-18-19(10-14)29-24-28-18/h6-13,24H,5H2,1-4H3,(H,22,26)(H,23,25). The Balaban J connectivity index is 1.79. The van der Waals surface area contributed by atoms with Crippen LogP contribution in [-0.2, 0) is 4.79 Å². The Hall–Kier alpha value is -3.26. The van der Waals surface area contributed by atoms with E-state index in [1.54, 1.807) is 44.2 Å². The van der Waals surface area contributed by atoms with E-state index in [1.165, 1.54) is 0 Å². The lowest BCUT2D eigenvalue weighted by Crippen LogP contribution is -2.27. The molecule has 1 heterocycles. The minimum absolute atomic E-state index is 0.122. The SMILES string of the molecule is CCOc1ccc(NC(=O)C(C)C)cc1C(=O)NC(C)c1ccc2c(c1)ONO2. The first-order chi connectivity index (χ1) is 13.9. The van der Waals surface area contributed by atoms with Gasteiger partial charge in [0.25, 0.3) is 5.91 Å². The number of rotatable bonds is 7. The molecule has 0 fully saturated rings. The van der Waals surface area contributed by atoms with Crippen LogP contribution >= 0.6 is 0 Å². The van der Waals surface area contributed by atoms with Gasteiger partial charge in [-0.1, -0.05) is 19.9 Å². The summed E-state index contributed by atoms with van der Waals surface area (Å²) in [4.78, 5) is 35.2. The van der Waals surface area contributed by atoms with Gasteiger partial charge in [0.05, 0.1) is 18.2 Å². The smallest absolute Gasteiger partial charge is 0.255 e. The van der Waals surface area contributed by atoms with Crippen molar-refractivity contribution in [3.8, 4) is 17.2 Å². The van der Waals surface area contributed by atoms with E-state index in [2.05, 4.69) is 16.3 Å². The van der Waals surface area contributed by atoms with Crippen molar-refractivity contribution < 1.29 is 24.0 Å². The molecule has 0 aliphatic carbocycles. The Morgan fingerprint density at radius 2 is 1.83 bits per heavy atom. The number of fused-ring (bicyclic) bond motifs is 1. The Labute approximate surface area is 169 Å². The van der Waals surface area contributed by atoms with E-state index in [0.29, 0.717) is 35.1 Å². The number of ether oxygens (including phenoxy) is 1. The molecule has 0 saturated carbocycles. The van der Waals surface area contributed by atoms with Crippen LogP contribution in [0.5, 0.6) is 17.2 Å². The fourth-order valence-corrected chi connectivity index (χ4v) is 2.78. The zero-order chi connectivity index (χ0) is 21.0. The average Bonchev–Trinajstić information content (AvgIpc) is 3.16. The van der Waals surface area contributed by atoms with Crippen molar-refractivity contribution in [1.29, 1.82) is 0 Å². The molecule has 29 heavy (non-hydrogen) atoms. The molecule has 154 valence electrons. The number of hydrogen-bond donors (Lipinski definition) is 3. The molecule has 2 aromatic rings. The summed E-state index contributed by atoms with van der Waals surface area (Å²) in [7, 11) is 0. The Morgan fingerprint density at radius 3 is 2.55 bits per heavy atom. The maximum absolute atomic E-state index is 13.0. The zero-order valence-electron chi connectivity index (χ0n) is 16.9. The van der Waals surface area contributed by atoms with Crippen LogP contribution in [0.4, 0.5) is 5.69 Å². The molecule has 1 unspecified atom stereocenters. The lowest BCUT2D eigenvalue weighted by atomic mass is 10.1. The van der Waals surface area contributed by atoms with E-state index in [1.807, 2.05) is 19.9 Å². The van der Waals surface area contributed by atoms with Gasteiger partial charge in [0.2, 0.25) is 5.91 Å². The summed E-state index contributed by atoms with van der Waals surface area (Å²) in [6.45, 7) is 7.75. The van der Waals surface area contributed by atoms with Crippen LogP contribution < -0.4 is 30.7 Å². The third kappa shape index (κ3) is 4.78. The highest BCUT2D eigenvalue weighted by Gasteiger charge is 2.20. The molecule has 3 N–H and O–H groups in total. The minimum Gasteiger partial charge on any atom is -0.493 e.